The number of hydrogen-bond donors (Lipinski definition) is 1. The highest BCUT2D eigenvalue weighted by Crippen LogP contribution is 2.12. The van der Waals surface area contributed by atoms with E-state index in [0.717, 1.165) is 0 Å². The predicted molar refractivity (Wildman–Crippen MR) is 84.6 cm³/mol. The van der Waals surface area contributed by atoms with Crippen LogP contribution >= 0.6 is 0 Å². The van der Waals surface area contributed by atoms with Gasteiger partial charge in [0.1, 0.15) is 11.6 Å². The lowest BCUT2D eigenvalue weighted by atomic mass is 10.3. The summed E-state index contributed by atoms with van der Waals surface area (Å²) in [5.41, 5.74) is 0. The molecule has 0 fully saturated rings. The van der Waals surface area contributed by atoms with Crippen LogP contribution in [0, 0.1) is 5.82 Å². The van der Waals surface area contributed by atoms with Gasteiger partial charge in [-0.05, 0) is 45.2 Å². The highest BCUT2D eigenvalue weighted by atomic mass is 19.1. The summed E-state index contributed by atoms with van der Waals surface area (Å²) in [7, 11) is 1.79. The fourth-order valence-electron chi connectivity index (χ4n) is 1.99. The van der Waals surface area contributed by atoms with Crippen molar-refractivity contribution in [2.75, 3.05) is 13.6 Å². The molecule has 1 N–H and O–H groups in total. The number of amides is 1. The molecule has 0 saturated heterocycles. The van der Waals surface area contributed by atoms with Crippen molar-refractivity contribution in [3.8, 4) is 5.75 Å². The summed E-state index contributed by atoms with van der Waals surface area (Å²) >= 11 is 0. The molecule has 1 aromatic heterocycles. The van der Waals surface area contributed by atoms with Crippen LogP contribution in [0.15, 0.2) is 28.8 Å². The van der Waals surface area contributed by atoms with Crippen molar-refractivity contribution < 1.29 is 18.4 Å². The number of likely N-dealkylation sites (N-methyl/N-ethyl adjacent to an activating group) is 1. The van der Waals surface area contributed by atoms with Gasteiger partial charge < -0.3 is 14.6 Å². The number of halogens is 1. The lowest BCUT2D eigenvalue weighted by molar-refractivity contribution is -0.122. The van der Waals surface area contributed by atoms with E-state index in [1.54, 1.807) is 11.9 Å². The van der Waals surface area contributed by atoms with E-state index in [1.807, 2.05) is 13.8 Å². The maximum atomic E-state index is 12.8. The second-order valence-electron chi connectivity index (χ2n) is 5.74. The van der Waals surface area contributed by atoms with E-state index in [0.29, 0.717) is 24.0 Å². The maximum absolute atomic E-state index is 12.8. The summed E-state index contributed by atoms with van der Waals surface area (Å²) < 4.78 is 23.4. The van der Waals surface area contributed by atoms with Crippen molar-refractivity contribution in [3.63, 3.8) is 0 Å². The molecule has 2 aromatic rings. The number of hydrogen-bond acceptors (Lipinski definition) is 6. The summed E-state index contributed by atoms with van der Waals surface area (Å²) in [6, 6.07) is 5.78. The number of carbonyl (C=O) groups excluding carboxylic acids is 1. The first kappa shape index (κ1) is 17.9. The smallest absolute Gasteiger partial charge is 0.240 e. The molecule has 1 amide bonds. The van der Waals surface area contributed by atoms with Crippen LogP contribution in [0.3, 0.4) is 0 Å². The van der Waals surface area contributed by atoms with E-state index in [1.165, 1.54) is 24.3 Å². The van der Waals surface area contributed by atoms with Crippen molar-refractivity contribution in [1.82, 2.24) is 20.4 Å². The van der Waals surface area contributed by atoms with Gasteiger partial charge in [0, 0.05) is 6.04 Å². The van der Waals surface area contributed by atoms with Gasteiger partial charge >= 0.3 is 0 Å². The minimum absolute atomic E-state index is 0.0631. The van der Waals surface area contributed by atoms with Crippen LogP contribution < -0.4 is 10.1 Å². The molecule has 1 aromatic carbocycles. The third-order valence-electron chi connectivity index (χ3n) is 2.96. The summed E-state index contributed by atoms with van der Waals surface area (Å²) in [6.07, 6.45) is 0. The summed E-state index contributed by atoms with van der Waals surface area (Å²) in [6.45, 7) is 4.52. The molecule has 1 heterocycles. The van der Waals surface area contributed by atoms with Gasteiger partial charge in [0.05, 0.1) is 13.1 Å². The van der Waals surface area contributed by atoms with Crippen molar-refractivity contribution in [2.24, 2.45) is 0 Å². The average molecular weight is 336 g/mol. The van der Waals surface area contributed by atoms with Crippen LogP contribution in [0.5, 0.6) is 5.75 Å². The standard InChI is InChI=1S/C16H21FN4O3/c1-11(2)18-15(22)8-21(3)9-16-19-14(20-24-16)10-23-13-6-4-12(17)5-7-13/h4-7,11H,8-10H2,1-3H3,(H,18,22). The Balaban J connectivity index is 1.79. The lowest BCUT2D eigenvalue weighted by Gasteiger charge is -2.15. The minimum Gasteiger partial charge on any atom is -0.485 e. The van der Waals surface area contributed by atoms with Gasteiger partial charge in [-0.15, -0.1) is 0 Å². The van der Waals surface area contributed by atoms with Crippen molar-refractivity contribution in [3.05, 3.63) is 41.8 Å². The van der Waals surface area contributed by atoms with Crippen LogP contribution in [0.2, 0.25) is 0 Å². The molecule has 0 saturated carbocycles. The third-order valence-corrected chi connectivity index (χ3v) is 2.96. The maximum Gasteiger partial charge on any atom is 0.240 e. The molecule has 0 atom stereocenters. The van der Waals surface area contributed by atoms with Crippen LogP contribution in [-0.2, 0) is 17.9 Å². The Morgan fingerprint density at radius 1 is 1.38 bits per heavy atom. The van der Waals surface area contributed by atoms with Gasteiger partial charge in [0.25, 0.3) is 0 Å². The van der Waals surface area contributed by atoms with Crippen LogP contribution in [0.1, 0.15) is 25.6 Å². The van der Waals surface area contributed by atoms with Gasteiger partial charge in [-0.3, -0.25) is 9.69 Å². The SMILES string of the molecule is CC(C)NC(=O)CN(C)Cc1nc(COc2ccc(F)cc2)no1. The first-order valence-electron chi connectivity index (χ1n) is 7.60. The molecule has 0 spiro atoms. The Kier molecular flexibility index (Phi) is 6.25. The van der Waals surface area contributed by atoms with Crippen molar-refractivity contribution in [2.45, 2.75) is 33.0 Å². The fraction of sp³-hybridized carbons (Fsp3) is 0.438. The zero-order chi connectivity index (χ0) is 17.5. The van der Waals surface area contributed by atoms with Crippen molar-refractivity contribution >= 4 is 5.91 Å². The first-order valence-corrected chi connectivity index (χ1v) is 7.60. The number of rotatable bonds is 8. The molecule has 8 heteroatoms. The molecular weight excluding hydrogens is 315 g/mol. The topological polar surface area (TPSA) is 80.5 Å². The summed E-state index contributed by atoms with van der Waals surface area (Å²) in [5, 5.41) is 6.63. The van der Waals surface area contributed by atoms with Crippen LogP contribution in [0.25, 0.3) is 0 Å². The lowest BCUT2D eigenvalue weighted by Crippen LogP contribution is -2.38. The number of nitrogens with one attached hydrogen (secondary N) is 1. The number of ether oxygens (including phenoxy) is 1. The predicted octanol–water partition coefficient (Wildman–Crippen LogP) is 1.74. The summed E-state index contributed by atoms with van der Waals surface area (Å²) in [5.74, 6) is 0.910. The number of aromatic nitrogens is 2. The fourth-order valence-corrected chi connectivity index (χ4v) is 1.99. The molecule has 0 aliphatic carbocycles. The van der Waals surface area contributed by atoms with E-state index < -0.39 is 0 Å². The van der Waals surface area contributed by atoms with Crippen molar-refractivity contribution in [1.29, 1.82) is 0 Å². The van der Waals surface area contributed by atoms with E-state index >= 15 is 0 Å². The molecule has 2 rings (SSSR count). The molecule has 130 valence electrons. The van der Waals surface area contributed by atoms with Crippen LogP contribution in [-0.4, -0.2) is 40.6 Å². The third kappa shape index (κ3) is 5.96. The Morgan fingerprint density at radius 3 is 2.75 bits per heavy atom. The second kappa shape index (κ2) is 8.39. The molecule has 0 bridgehead atoms. The monoisotopic (exact) mass is 336 g/mol. The second-order valence-corrected chi connectivity index (χ2v) is 5.74. The molecule has 24 heavy (non-hydrogen) atoms. The van der Waals surface area contributed by atoms with Gasteiger partial charge in [-0.2, -0.15) is 4.98 Å². The van der Waals surface area contributed by atoms with Crippen LogP contribution in [0.4, 0.5) is 4.39 Å². The number of carbonyl (C=O) groups is 1. The molecule has 0 aliphatic rings. The quantitative estimate of drug-likeness (QED) is 0.791. The highest BCUT2D eigenvalue weighted by molar-refractivity contribution is 5.78. The highest BCUT2D eigenvalue weighted by Gasteiger charge is 2.13. The average Bonchev–Trinajstić information content (AvgIpc) is 2.93. The zero-order valence-corrected chi connectivity index (χ0v) is 14.0. The normalized spacial score (nSPS) is 11.1. The first-order chi connectivity index (χ1) is 11.4. The number of nitrogens with zero attached hydrogens (tertiary/aromatic N) is 3. The Labute approximate surface area is 139 Å². The van der Waals surface area contributed by atoms with E-state index in [9.17, 15) is 9.18 Å². The van der Waals surface area contributed by atoms with Gasteiger partial charge in [-0.25, -0.2) is 4.39 Å². The Hall–Kier alpha value is -2.48. The van der Waals surface area contributed by atoms with E-state index in [2.05, 4.69) is 15.5 Å². The molecule has 7 nitrogen and oxygen atoms in total. The minimum atomic E-state index is -0.325. The molecule has 0 unspecified atom stereocenters. The van der Waals surface area contributed by atoms with Gasteiger partial charge in [0.15, 0.2) is 6.61 Å². The van der Waals surface area contributed by atoms with E-state index in [-0.39, 0.29) is 30.9 Å². The Morgan fingerprint density at radius 2 is 2.08 bits per heavy atom. The van der Waals surface area contributed by atoms with Gasteiger partial charge in [-0.1, -0.05) is 5.16 Å². The molecular formula is C16H21FN4O3. The van der Waals surface area contributed by atoms with E-state index in [4.69, 9.17) is 9.26 Å². The summed E-state index contributed by atoms with van der Waals surface area (Å²) in [4.78, 5) is 17.7. The largest absolute Gasteiger partial charge is 0.485 e. The molecule has 0 aliphatic heterocycles. The zero-order valence-electron chi connectivity index (χ0n) is 14.0. The van der Waals surface area contributed by atoms with Gasteiger partial charge in [0.2, 0.25) is 17.6 Å². The number of benzene rings is 1. The molecule has 0 radical (unpaired) electrons. The Bertz CT molecular complexity index is 658.